The Kier molecular flexibility index (Phi) is 2.80. The summed E-state index contributed by atoms with van der Waals surface area (Å²) in [6.45, 7) is 1.77. The molecule has 2 heterocycles. The fourth-order valence-electron chi connectivity index (χ4n) is 1.27. The molecule has 0 aliphatic carbocycles. The monoisotopic (exact) mass is 241 g/mol. The van der Waals surface area contributed by atoms with Crippen LogP contribution >= 0.6 is 0 Å². The fourth-order valence-corrected chi connectivity index (χ4v) is 2.40. The molecule has 0 aliphatic rings. The van der Waals surface area contributed by atoms with Crippen molar-refractivity contribution in [1.29, 1.82) is 0 Å². The third-order valence-electron chi connectivity index (χ3n) is 2.09. The predicted octanol–water partition coefficient (Wildman–Crippen LogP) is 0.790. The van der Waals surface area contributed by atoms with Crippen LogP contribution in [0.15, 0.2) is 33.9 Å². The van der Waals surface area contributed by atoms with E-state index in [0.29, 0.717) is 11.5 Å². The molecule has 0 aromatic carbocycles. The molecule has 0 saturated heterocycles. The summed E-state index contributed by atoms with van der Waals surface area (Å²) < 4.78 is 31.0. The van der Waals surface area contributed by atoms with Gasteiger partial charge in [-0.3, -0.25) is 5.10 Å². The van der Waals surface area contributed by atoms with E-state index in [1.165, 1.54) is 12.5 Å². The molecule has 0 amide bonds. The number of aromatic nitrogens is 2. The quantitative estimate of drug-likeness (QED) is 0.828. The lowest BCUT2D eigenvalue weighted by Gasteiger charge is -2.03. The summed E-state index contributed by atoms with van der Waals surface area (Å²) in [5, 5.41) is 6.24. The van der Waals surface area contributed by atoms with E-state index in [2.05, 4.69) is 14.9 Å². The van der Waals surface area contributed by atoms with Gasteiger partial charge in [-0.1, -0.05) is 0 Å². The lowest BCUT2D eigenvalue weighted by molar-refractivity contribution is 0.498. The van der Waals surface area contributed by atoms with Crippen molar-refractivity contribution in [3.05, 3.63) is 36.0 Å². The zero-order valence-corrected chi connectivity index (χ0v) is 9.41. The molecule has 7 heteroatoms. The lowest BCUT2D eigenvalue weighted by Crippen LogP contribution is -2.23. The Morgan fingerprint density at radius 1 is 1.56 bits per heavy atom. The second kappa shape index (κ2) is 4.11. The molecule has 86 valence electrons. The Bertz CT molecular complexity index is 557. The van der Waals surface area contributed by atoms with Crippen molar-refractivity contribution in [3.8, 4) is 0 Å². The topological polar surface area (TPSA) is 88.0 Å². The molecule has 0 fully saturated rings. The first-order valence-electron chi connectivity index (χ1n) is 4.61. The van der Waals surface area contributed by atoms with Crippen LogP contribution in [0.25, 0.3) is 0 Å². The van der Waals surface area contributed by atoms with E-state index >= 15 is 0 Å². The third-order valence-corrected chi connectivity index (χ3v) is 3.60. The van der Waals surface area contributed by atoms with E-state index in [1.807, 2.05) is 0 Å². The van der Waals surface area contributed by atoms with Crippen LogP contribution in [-0.2, 0) is 16.6 Å². The normalized spacial score (nSPS) is 11.8. The van der Waals surface area contributed by atoms with Crippen LogP contribution in [-0.4, -0.2) is 18.6 Å². The van der Waals surface area contributed by atoms with E-state index in [9.17, 15) is 8.42 Å². The largest absolute Gasteiger partial charge is 0.468 e. The molecule has 0 unspecified atom stereocenters. The summed E-state index contributed by atoms with van der Waals surface area (Å²) in [5.41, 5.74) is 0.506. The number of hydrogen-bond donors (Lipinski definition) is 2. The second-order valence-electron chi connectivity index (χ2n) is 3.26. The predicted molar refractivity (Wildman–Crippen MR) is 56.1 cm³/mol. The first-order valence-corrected chi connectivity index (χ1v) is 6.10. The molecule has 0 atom stereocenters. The minimum atomic E-state index is -3.53. The smallest absolute Gasteiger partial charge is 0.244 e. The van der Waals surface area contributed by atoms with E-state index in [-0.39, 0.29) is 11.4 Å². The van der Waals surface area contributed by atoms with Crippen molar-refractivity contribution in [2.24, 2.45) is 0 Å². The van der Waals surface area contributed by atoms with Crippen molar-refractivity contribution in [2.75, 3.05) is 0 Å². The van der Waals surface area contributed by atoms with E-state index in [1.54, 1.807) is 19.1 Å². The molecule has 0 spiro atoms. The van der Waals surface area contributed by atoms with E-state index in [4.69, 9.17) is 4.42 Å². The van der Waals surface area contributed by atoms with Crippen molar-refractivity contribution in [3.63, 3.8) is 0 Å². The zero-order chi connectivity index (χ0) is 11.6. The standard InChI is InChI=1S/C9H11N3O3S/c1-7-9(6-10-12-7)16(13,14)11-5-8-3-2-4-15-8/h2-4,6,11H,5H2,1H3,(H,10,12). The van der Waals surface area contributed by atoms with Crippen molar-refractivity contribution in [1.82, 2.24) is 14.9 Å². The van der Waals surface area contributed by atoms with Crippen LogP contribution in [0.5, 0.6) is 0 Å². The van der Waals surface area contributed by atoms with Crippen molar-refractivity contribution < 1.29 is 12.8 Å². The van der Waals surface area contributed by atoms with Gasteiger partial charge in [0.25, 0.3) is 0 Å². The Balaban J connectivity index is 2.13. The van der Waals surface area contributed by atoms with Crippen molar-refractivity contribution >= 4 is 10.0 Å². The molecule has 0 aliphatic heterocycles. The van der Waals surface area contributed by atoms with Crippen LogP contribution in [0, 0.1) is 6.92 Å². The molecule has 2 aromatic heterocycles. The maximum atomic E-state index is 11.8. The molecule has 2 aromatic rings. The molecule has 6 nitrogen and oxygen atoms in total. The number of aromatic amines is 1. The second-order valence-corrected chi connectivity index (χ2v) is 5.00. The van der Waals surface area contributed by atoms with Crippen LogP contribution in [0.3, 0.4) is 0 Å². The van der Waals surface area contributed by atoms with E-state index in [0.717, 1.165) is 0 Å². The highest BCUT2D eigenvalue weighted by molar-refractivity contribution is 7.89. The Hall–Kier alpha value is -1.60. The van der Waals surface area contributed by atoms with Gasteiger partial charge in [0.15, 0.2) is 0 Å². The Morgan fingerprint density at radius 3 is 2.94 bits per heavy atom. The molecule has 2 rings (SSSR count). The van der Waals surface area contributed by atoms with Gasteiger partial charge in [-0.05, 0) is 19.1 Å². The Labute approximate surface area is 92.7 Å². The lowest BCUT2D eigenvalue weighted by atomic mass is 10.5. The first-order chi connectivity index (χ1) is 7.59. The van der Waals surface area contributed by atoms with Gasteiger partial charge in [0.05, 0.1) is 24.7 Å². The molecular weight excluding hydrogens is 230 g/mol. The van der Waals surface area contributed by atoms with E-state index < -0.39 is 10.0 Å². The van der Waals surface area contributed by atoms with Gasteiger partial charge >= 0.3 is 0 Å². The SMILES string of the molecule is Cc1[nH]ncc1S(=O)(=O)NCc1ccco1. The average Bonchev–Trinajstić information content (AvgIpc) is 2.85. The number of aryl methyl sites for hydroxylation is 1. The highest BCUT2D eigenvalue weighted by Gasteiger charge is 2.18. The summed E-state index contributed by atoms with van der Waals surface area (Å²) in [5.74, 6) is 0.560. The van der Waals surface area contributed by atoms with Gasteiger partial charge < -0.3 is 4.42 Å². The van der Waals surface area contributed by atoms with Gasteiger partial charge in [0.1, 0.15) is 10.7 Å². The van der Waals surface area contributed by atoms with Gasteiger partial charge in [-0.15, -0.1) is 0 Å². The number of nitrogens with zero attached hydrogens (tertiary/aromatic N) is 1. The molecule has 0 bridgehead atoms. The van der Waals surface area contributed by atoms with Gasteiger partial charge in [0, 0.05) is 0 Å². The highest BCUT2D eigenvalue weighted by Crippen LogP contribution is 2.11. The highest BCUT2D eigenvalue weighted by atomic mass is 32.2. The molecule has 2 N–H and O–H groups in total. The molecule has 16 heavy (non-hydrogen) atoms. The maximum Gasteiger partial charge on any atom is 0.244 e. The maximum absolute atomic E-state index is 11.8. The number of H-pyrrole nitrogens is 1. The number of sulfonamides is 1. The van der Waals surface area contributed by atoms with Crippen LogP contribution in [0.1, 0.15) is 11.5 Å². The summed E-state index contributed by atoms with van der Waals surface area (Å²) in [4.78, 5) is 0.152. The van der Waals surface area contributed by atoms with Gasteiger partial charge in [0.2, 0.25) is 10.0 Å². The van der Waals surface area contributed by atoms with Gasteiger partial charge in [-0.25, -0.2) is 13.1 Å². The average molecular weight is 241 g/mol. The zero-order valence-electron chi connectivity index (χ0n) is 8.60. The van der Waals surface area contributed by atoms with Crippen LogP contribution in [0.4, 0.5) is 0 Å². The fraction of sp³-hybridized carbons (Fsp3) is 0.222. The van der Waals surface area contributed by atoms with Gasteiger partial charge in [-0.2, -0.15) is 5.10 Å². The summed E-state index contributed by atoms with van der Waals surface area (Å²) >= 11 is 0. The first kappa shape index (κ1) is 10.9. The minimum Gasteiger partial charge on any atom is -0.468 e. The minimum absolute atomic E-state index is 0.125. The third kappa shape index (κ3) is 2.15. The number of nitrogens with one attached hydrogen (secondary N) is 2. The van der Waals surface area contributed by atoms with Crippen LogP contribution < -0.4 is 4.72 Å². The van der Waals surface area contributed by atoms with Crippen molar-refractivity contribution in [2.45, 2.75) is 18.4 Å². The number of furan rings is 1. The molecular formula is C9H11N3O3S. The molecule has 0 saturated carbocycles. The summed E-state index contributed by atoms with van der Waals surface area (Å²) in [6, 6.07) is 3.40. The number of rotatable bonds is 4. The number of hydrogen-bond acceptors (Lipinski definition) is 4. The summed E-state index contributed by atoms with van der Waals surface area (Å²) in [6.07, 6.45) is 2.77. The molecule has 0 radical (unpaired) electrons. The van der Waals surface area contributed by atoms with Crippen LogP contribution in [0.2, 0.25) is 0 Å². The summed E-state index contributed by atoms with van der Waals surface area (Å²) in [7, 11) is -3.53. The Morgan fingerprint density at radius 2 is 2.38 bits per heavy atom.